The molecule has 0 radical (unpaired) electrons. The molecule has 11 heteroatoms. The highest BCUT2D eigenvalue weighted by Crippen LogP contribution is 2.13. The Hall–Kier alpha value is -2.33. The summed E-state index contributed by atoms with van der Waals surface area (Å²) in [7, 11) is 0. The second-order valence-corrected chi connectivity index (χ2v) is 3.57. The first kappa shape index (κ1) is 17.7. The fourth-order valence-corrected chi connectivity index (χ4v) is 1.10. The van der Waals surface area contributed by atoms with E-state index >= 15 is 0 Å². The predicted molar refractivity (Wildman–Crippen MR) is 55.5 cm³/mol. The van der Waals surface area contributed by atoms with Gasteiger partial charge in [-0.05, 0) is 6.42 Å². The monoisotopic (exact) mass is 300 g/mol. The van der Waals surface area contributed by atoms with Gasteiger partial charge in [-0.3, -0.25) is 14.4 Å². The molecule has 8 nitrogen and oxygen atoms in total. The molecular formula is C9H11F3N2O6. The molecule has 114 valence electrons. The number of carboxylic acids is 2. The Labute approximate surface area is 109 Å². The third kappa shape index (κ3) is 7.18. The van der Waals surface area contributed by atoms with Crippen molar-refractivity contribution in [2.45, 2.75) is 25.1 Å². The van der Waals surface area contributed by atoms with Gasteiger partial charge in [0.2, 0.25) is 11.8 Å². The Morgan fingerprint density at radius 3 is 2.10 bits per heavy atom. The van der Waals surface area contributed by atoms with E-state index in [1.54, 1.807) is 0 Å². The maximum atomic E-state index is 11.1. The zero-order valence-electron chi connectivity index (χ0n) is 9.86. The van der Waals surface area contributed by atoms with Crippen molar-refractivity contribution in [3.63, 3.8) is 0 Å². The lowest BCUT2D eigenvalue weighted by Gasteiger charge is -2.08. The summed E-state index contributed by atoms with van der Waals surface area (Å²) in [6.45, 7) is -0.412. The van der Waals surface area contributed by atoms with Crippen LogP contribution in [-0.4, -0.2) is 52.7 Å². The van der Waals surface area contributed by atoms with Gasteiger partial charge in [-0.25, -0.2) is 4.79 Å². The van der Waals surface area contributed by atoms with Crippen molar-refractivity contribution in [3.8, 4) is 0 Å². The minimum Gasteiger partial charge on any atom is -0.480 e. The fraction of sp³-hybridized carbons (Fsp3) is 0.556. The number of rotatable bonds is 3. The molecule has 1 atom stereocenters. The van der Waals surface area contributed by atoms with E-state index < -0.39 is 36.6 Å². The maximum absolute atomic E-state index is 11.1. The average molecular weight is 300 g/mol. The molecule has 0 aromatic rings. The molecule has 4 N–H and O–H groups in total. The van der Waals surface area contributed by atoms with Crippen LogP contribution < -0.4 is 10.6 Å². The molecular weight excluding hydrogens is 289 g/mol. The van der Waals surface area contributed by atoms with Crippen LogP contribution in [0.25, 0.3) is 0 Å². The van der Waals surface area contributed by atoms with E-state index in [2.05, 4.69) is 10.6 Å². The van der Waals surface area contributed by atoms with Gasteiger partial charge in [-0.2, -0.15) is 13.2 Å². The highest BCUT2D eigenvalue weighted by molar-refractivity contribution is 5.92. The Bertz CT molecular complexity index is 409. The molecule has 0 aromatic carbocycles. The average Bonchev–Trinajstić information content (AvgIpc) is 2.72. The van der Waals surface area contributed by atoms with Crippen LogP contribution >= 0.6 is 0 Å². The number of carboxylic acid groups (broad SMARTS) is 2. The predicted octanol–water partition coefficient (Wildman–Crippen LogP) is -0.901. The van der Waals surface area contributed by atoms with Crippen molar-refractivity contribution < 1.29 is 42.6 Å². The van der Waals surface area contributed by atoms with Crippen LogP contribution in [0.5, 0.6) is 0 Å². The van der Waals surface area contributed by atoms with Crippen LogP contribution in [0, 0.1) is 0 Å². The molecule has 0 aliphatic carbocycles. The van der Waals surface area contributed by atoms with E-state index in [0.29, 0.717) is 12.8 Å². The summed E-state index contributed by atoms with van der Waals surface area (Å²) in [5.41, 5.74) is 0. The molecule has 0 bridgehead atoms. The normalized spacial score (nSPS) is 17.6. The van der Waals surface area contributed by atoms with Crippen molar-refractivity contribution in [2.75, 3.05) is 6.54 Å². The molecule has 1 fully saturated rings. The largest absolute Gasteiger partial charge is 0.490 e. The van der Waals surface area contributed by atoms with Gasteiger partial charge >= 0.3 is 18.1 Å². The molecule has 0 spiro atoms. The lowest BCUT2D eigenvalue weighted by molar-refractivity contribution is -0.192. The number of alkyl halides is 3. The van der Waals surface area contributed by atoms with Gasteiger partial charge in [0.25, 0.3) is 0 Å². The zero-order valence-corrected chi connectivity index (χ0v) is 9.86. The van der Waals surface area contributed by atoms with Gasteiger partial charge in [0.1, 0.15) is 12.6 Å². The highest BCUT2D eigenvalue weighted by atomic mass is 19.4. The van der Waals surface area contributed by atoms with E-state index in [-0.39, 0.29) is 5.91 Å². The summed E-state index contributed by atoms with van der Waals surface area (Å²) in [5.74, 6) is -4.46. The first-order chi connectivity index (χ1) is 9.04. The Morgan fingerprint density at radius 2 is 1.80 bits per heavy atom. The smallest absolute Gasteiger partial charge is 0.480 e. The third-order valence-corrected chi connectivity index (χ3v) is 1.97. The van der Waals surface area contributed by atoms with Crippen molar-refractivity contribution >= 4 is 23.8 Å². The quantitative estimate of drug-likeness (QED) is 0.534. The molecule has 20 heavy (non-hydrogen) atoms. The van der Waals surface area contributed by atoms with Gasteiger partial charge in [0, 0.05) is 6.42 Å². The van der Waals surface area contributed by atoms with Crippen molar-refractivity contribution in [2.24, 2.45) is 0 Å². The number of carbonyl (C=O) groups is 4. The summed E-state index contributed by atoms with van der Waals surface area (Å²) in [4.78, 5) is 40.8. The minimum absolute atomic E-state index is 0.171. The van der Waals surface area contributed by atoms with Crippen LogP contribution in [-0.2, 0) is 19.2 Å². The van der Waals surface area contributed by atoms with Gasteiger partial charge in [-0.15, -0.1) is 0 Å². The highest BCUT2D eigenvalue weighted by Gasteiger charge is 2.38. The number of amides is 2. The van der Waals surface area contributed by atoms with E-state index in [1.807, 2.05) is 0 Å². The van der Waals surface area contributed by atoms with E-state index in [9.17, 15) is 27.6 Å². The van der Waals surface area contributed by atoms with E-state index in [1.165, 1.54) is 0 Å². The molecule has 1 saturated heterocycles. The maximum Gasteiger partial charge on any atom is 0.490 e. The Balaban J connectivity index is 0.000000441. The molecule has 1 aliphatic rings. The van der Waals surface area contributed by atoms with Crippen LogP contribution in [0.4, 0.5) is 13.2 Å². The number of nitrogens with one attached hydrogen (secondary N) is 2. The fourth-order valence-electron chi connectivity index (χ4n) is 1.10. The lowest BCUT2D eigenvalue weighted by Crippen LogP contribution is -2.43. The number of aliphatic carboxylic acids is 2. The second-order valence-electron chi connectivity index (χ2n) is 3.57. The molecule has 0 unspecified atom stereocenters. The SMILES string of the molecule is O=C(O)C(F)(F)F.O=C(O)CNC(=O)[C@@H]1CCC(=O)N1. The zero-order chi connectivity index (χ0) is 15.9. The standard InChI is InChI=1S/C7H10N2O4.C2HF3O2/c10-5-2-1-4(9-5)7(13)8-3-6(11)12;3-2(4,5)1(6)7/h4H,1-3H2,(H,8,13)(H,9,10)(H,11,12);(H,6,7)/t4-;/m0./s1. The molecule has 1 heterocycles. The molecule has 0 aromatic heterocycles. The first-order valence-electron chi connectivity index (χ1n) is 5.13. The number of hydrogen-bond donors (Lipinski definition) is 4. The lowest BCUT2D eigenvalue weighted by atomic mass is 10.2. The molecule has 2 amide bonds. The summed E-state index contributed by atoms with van der Waals surface area (Å²) in [6.07, 6.45) is -4.32. The van der Waals surface area contributed by atoms with Crippen molar-refractivity contribution in [1.82, 2.24) is 10.6 Å². The second kappa shape index (κ2) is 7.31. The minimum atomic E-state index is -5.08. The van der Waals surface area contributed by atoms with Crippen LogP contribution in [0.2, 0.25) is 0 Å². The first-order valence-corrected chi connectivity index (χ1v) is 5.13. The molecule has 0 saturated carbocycles. The summed E-state index contributed by atoms with van der Waals surface area (Å²) >= 11 is 0. The van der Waals surface area contributed by atoms with Crippen molar-refractivity contribution in [3.05, 3.63) is 0 Å². The number of carbonyl (C=O) groups excluding carboxylic acids is 2. The number of hydrogen-bond acceptors (Lipinski definition) is 4. The third-order valence-electron chi connectivity index (χ3n) is 1.97. The summed E-state index contributed by atoms with van der Waals surface area (Å²) in [5, 5.41) is 20.0. The topological polar surface area (TPSA) is 133 Å². The van der Waals surface area contributed by atoms with Gasteiger partial charge < -0.3 is 20.8 Å². The van der Waals surface area contributed by atoms with Crippen molar-refractivity contribution in [1.29, 1.82) is 0 Å². The Morgan fingerprint density at radius 1 is 1.30 bits per heavy atom. The molecule has 1 aliphatic heterocycles. The van der Waals surface area contributed by atoms with E-state index in [0.717, 1.165) is 0 Å². The van der Waals surface area contributed by atoms with Gasteiger partial charge in [0.05, 0.1) is 0 Å². The molecule has 1 rings (SSSR count). The van der Waals surface area contributed by atoms with Gasteiger partial charge in [0.15, 0.2) is 0 Å². The van der Waals surface area contributed by atoms with Crippen LogP contribution in [0.3, 0.4) is 0 Å². The van der Waals surface area contributed by atoms with Crippen LogP contribution in [0.1, 0.15) is 12.8 Å². The van der Waals surface area contributed by atoms with E-state index in [4.69, 9.17) is 15.0 Å². The van der Waals surface area contributed by atoms with Crippen LogP contribution in [0.15, 0.2) is 0 Å². The van der Waals surface area contributed by atoms with Gasteiger partial charge in [-0.1, -0.05) is 0 Å². The number of halogens is 3. The summed E-state index contributed by atoms with van der Waals surface area (Å²) < 4.78 is 31.7. The Kier molecular flexibility index (Phi) is 6.45. The summed E-state index contributed by atoms with van der Waals surface area (Å²) in [6, 6.07) is -0.563.